The van der Waals surface area contributed by atoms with Crippen LogP contribution in [0, 0.1) is 11.7 Å². The fourth-order valence-corrected chi connectivity index (χ4v) is 2.43. The lowest BCUT2D eigenvalue weighted by molar-refractivity contribution is -0.123. The summed E-state index contributed by atoms with van der Waals surface area (Å²) in [5.41, 5.74) is 1.61. The number of carbonyl (C=O) groups excluding carboxylic acids is 1. The normalized spacial score (nSPS) is 17.5. The minimum Gasteiger partial charge on any atom is -0.371 e. The number of nitrogens with zero attached hydrogens (tertiary/aromatic N) is 2. The molecule has 0 unspecified atom stereocenters. The molecule has 1 aromatic rings. The van der Waals surface area contributed by atoms with Gasteiger partial charge in [-0.2, -0.15) is 0 Å². The number of hydrogen-bond acceptors (Lipinski definition) is 3. The van der Waals surface area contributed by atoms with Gasteiger partial charge in [-0.1, -0.05) is 0 Å². The second-order valence-corrected chi connectivity index (χ2v) is 4.90. The van der Waals surface area contributed by atoms with Crippen molar-refractivity contribution in [1.29, 1.82) is 0 Å². The lowest BCUT2D eigenvalue weighted by atomic mass is 10.0. The van der Waals surface area contributed by atoms with Crippen molar-refractivity contribution in [3.05, 3.63) is 24.0 Å². The van der Waals surface area contributed by atoms with Crippen molar-refractivity contribution in [2.24, 2.45) is 5.92 Å². The van der Waals surface area contributed by atoms with E-state index in [2.05, 4.69) is 5.32 Å². The Labute approximate surface area is 130 Å². The molecule has 0 atom stereocenters. The van der Waals surface area contributed by atoms with Crippen molar-refractivity contribution in [3.63, 3.8) is 0 Å². The zero-order valence-electron chi connectivity index (χ0n) is 11.1. The Morgan fingerprint density at radius 1 is 1.25 bits per heavy atom. The molecule has 1 amide bonds. The Morgan fingerprint density at radius 3 is 2.55 bits per heavy atom. The monoisotopic (exact) mass is 321 g/mol. The van der Waals surface area contributed by atoms with E-state index in [1.807, 2.05) is 11.9 Å². The predicted molar refractivity (Wildman–Crippen MR) is 82.9 cm³/mol. The lowest BCUT2D eigenvalue weighted by Gasteiger charge is -2.39. The zero-order valence-corrected chi connectivity index (χ0v) is 12.8. The number of fused-ring (bicyclic) bond motifs is 1. The predicted octanol–water partition coefficient (Wildman–Crippen LogP) is 1.67. The van der Waals surface area contributed by atoms with Crippen LogP contribution in [-0.4, -0.2) is 39.1 Å². The SMILES string of the molecule is CN1CCN(C(=O)C2CNC2)c2ccc(F)cc21.Cl.Cl. The minimum absolute atomic E-state index is 0. The van der Waals surface area contributed by atoms with E-state index >= 15 is 0 Å². The Balaban J connectivity index is 0.000001000. The molecule has 0 saturated carbocycles. The van der Waals surface area contributed by atoms with Crippen LogP contribution in [0.1, 0.15) is 0 Å². The first-order valence-electron chi connectivity index (χ1n) is 6.19. The largest absolute Gasteiger partial charge is 0.371 e. The smallest absolute Gasteiger partial charge is 0.232 e. The molecular weight excluding hydrogens is 304 g/mol. The summed E-state index contributed by atoms with van der Waals surface area (Å²) in [4.78, 5) is 16.1. The number of amides is 1. The van der Waals surface area contributed by atoms with Crippen molar-refractivity contribution < 1.29 is 9.18 Å². The van der Waals surface area contributed by atoms with Gasteiger partial charge in [-0.3, -0.25) is 4.79 Å². The first kappa shape index (κ1) is 17.0. The van der Waals surface area contributed by atoms with Crippen LogP contribution in [0.15, 0.2) is 18.2 Å². The highest BCUT2D eigenvalue weighted by Crippen LogP contribution is 2.33. The number of carbonyl (C=O) groups is 1. The summed E-state index contributed by atoms with van der Waals surface area (Å²) in [6.07, 6.45) is 0. The average Bonchev–Trinajstić information content (AvgIpc) is 2.28. The van der Waals surface area contributed by atoms with Crippen LogP contribution in [0.3, 0.4) is 0 Å². The Morgan fingerprint density at radius 2 is 1.95 bits per heavy atom. The van der Waals surface area contributed by atoms with E-state index in [0.29, 0.717) is 6.54 Å². The quantitative estimate of drug-likeness (QED) is 0.854. The molecule has 2 aliphatic heterocycles. The fourth-order valence-electron chi connectivity index (χ4n) is 2.43. The van der Waals surface area contributed by atoms with E-state index in [4.69, 9.17) is 0 Å². The second-order valence-electron chi connectivity index (χ2n) is 4.90. The van der Waals surface area contributed by atoms with Gasteiger partial charge < -0.3 is 15.1 Å². The number of nitrogens with one attached hydrogen (secondary N) is 1. The summed E-state index contributed by atoms with van der Waals surface area (Å²) in [6.45, 7) is 2.91. The van der Waals surface area contributed by atoms with Crippen molar-refractivity contribution in [1.82, 2.24) is 5.32 Å². The van der Waals surface area contributed by atoms with E-state index in [1.54, 1.807) is 11.0 Å². The third-order valence-corrected chi connectivity index (χ3v) is 3.70. The Bertz CT molecular complexity index is 497. The van der Waals surface area contributed by atoms with Gasteiger partial charge in [-0.15, -0.1) is 24.8 Å². The van der Waals surface area contributed by atoms with Gasteiger partial charge in [0.15, 0.2) is 0 Å². The molecule has 7 heteroatoms. The van der Waals surface area contributed by atoms with Gasteiger partial charge in [0.05, 0.1) is 17.3 Å². The maximum atomic E-state index is 13.3. The number of likely N-dealkylation sites (N-methyl/N-ethyl adjacent to an activating group) is 1. The van der Waals surface area contributed by atoms with Crippen LogP contribution in [-0.2, 0) is 4.79 Å². The van der Waals surface area contributed by atoms with Crippen LogP contribution in [0.4, 0.5) is 15.8 Å². The molecule has 0 radical (unpaired) electrons. The third-order valence-electron chi connectivity index (χ3n) is 3.70. The average molecular weight is 322 g/mol. The zero-order chi connectivity index (χ0) is 12.7. The highest BCUT2D eigenvalue weighted by molar-refractivity contribution is 5.99. The second kappa shape index (κ2) is 6.61. The van der Waals surface area contributed by atoms with E-state index < -0.39 is 0 Å². The summed E-state index contributed by atoms with van der Waals surface area (Å²) in [7, 11) is 1.92. The van der Waals surface area contributed by atoms with E-state index in [-0.39, 0.29) is 42.5 Å². The molecule has 4 nitrogen and oxygen atoms in total. The number of halogens is 3. The summed E-state index contributed by atoms with van der Waals surface area (Å²) < 4.78 is 13.3. The fraction of sp³-hybridized carbons (Fsp3) is 0.462. The van der Waals surface area contributed by atoms with Crippen LogP contribution < -0.4 is 15.1 Å². The van der Waals surface area contributed by atoms with Crippen LogP contribution in [0.5, 0.6) is 0 Å². The third kappa shape index (κ3) is 2.85. The van der Waals surface area contributed by atoms with Crippen LogP contribution in [0.25, 0.3) is 0 Å². The molecule has 0 bridgehead atoms. The Kier molecular flexibility index (Phi) is 5.62. The number of anilines is 2. The van der Waals surface area contributed by atoms with Gasteiger partial charge in [0.2, 0.25) is 5.91 Å². The van der Waals surface area contributed by atoms with Gasteiger partial charge >= 0.3 is 0 Å². The van der Waals surface area contributed by atoms with Crippen molar-refractivity contribution in [2.45, 2.75) is 0 Å². The van der Waals surface area contributed by atoms with Crippen molar-refractivity contribution in [2.75, 3.05) is 43.0 Å². The molecule has 1 fully saturated rings. The number of benzene rings is 1. The van der Waals surface area contributed by atoms with Gasteiger partial charge in [-0.25, -0.2) is 4.39 Å². The molecule has 3 rings (SSSR count). The van der Waals surface area contributed by atoms with Gasteiger partial charge in [0.1, 0.15) is 5.82 Å². The first-order chi connectivity index (χ1) is 8.66. The molecule has 1 N–H and O–H groups in total. The molecule has 20 heavy (non-hydrogen) atoms. The minimum atomic E-state index is -0.264. The molecule has 1 aromatic carbocycles. The maximum absolute atomic E-state index is 13.3. The maximum Gasteiger partial charge on any atom is 0.232 e. The summed E-state index contributed by atoms with van der Waals surface area (Å²) >= 11 is 0. The number of hydrogen-bond donors (Lipinski definition) is 1. The summed E-state index contributed by atoms with van der Waals surface area (Å²) in [6, 6.07) is 4.61. The standard InChI is InChI=1S/C13H16FN3O.2ClH/c1-16-4-5-17(13(18)9-7-15-8-9)11-3-2-10(14)6-12(11)16;;/h2-3,6,9,15H,4-5,7-8H2,1H3;2*1H. The molecule has 112 valence electrons. The topological polar surface area (TPSA) is 35.6 Å². The molecule has 2 aliphatic rings. The van der Waals surface area contributed by atoms with E-state index in [1.165, 1.54) is 12.1 Å². The molecule has 1 saturated heterocycles. The molecule has 0 spiro atoms. The number of rotatable bonds is 1. The van der Waals surface area contributed by atoms with Gasteiger partial charge in [-0.05, 0) is 18.2 Å². The van der Waals surface area contributed by atoms with Crippen molar-refractivity contribution in [3.8, 4) is 0 Å². The van der Waals surface area contributed by atoms with Crippen LogP contribution in [0.2, 0.25) is 0 Å². The van der Waals surface area contributed by atoms with Gasteiger partial charge in [0.25, 0.3) is 0 Å². The highest BCUT2D eigenvalue weighted by Gasteiger charge is 2.33. The highest BCUT2D eigenvalue weighted by atomic mass is 35.5. The first-order valence-corrected chi connectivity index (χ1v) is 6.19. The van der Waals surface area contributed by atoms with E-state index in [0.717, 1.165) is 31.0 Å². The Hall–Kier alpha value is -1.04. The van der Waals surface area contributed by atoms with Gasteiger partial charge in [0, 0.05) is 33.2 Å². The van der Waals surface area contributed by atoms with E-state index in [9.17, 15) is 9.18 Å². The van der Waals surface area contributed by atoms with Crippen LogP contribution >= 0.6 is 24.8 Å². The van der Waals surface area contributed by atoms with Crippen molar-refractivity contribution >= 4 is 42.1 Å². The molecule has 0 aliphatic carbocycles. The molecule has 0 aromatic heterocycles. The lowest BCUT2D eigenvalue weighted by Crippen LogP contribution is -2.54. The summed E-state index contributed by atoms with van der Waals surface area (Å²) in [5, 5.41) is 3.11. The summed E-state index contributed by atoms with van der Waals surface area (Å²) in [5.74, 6) is -0.0405. The molecule has 2 heterocycles. The molecular formula is C13H18Cl2FN3O.